The van der Waals surface area contributed by atoms with Crippen LogP contribution < -0.4 is 15.5 Å². The molecule has 0 bridgehead atoms. The number of amides is 1. The lowest BCUT2D eigenvalue weighted by atomic mass is 10.2. The minimum absolute atomic E-state index is 0.0193. The fraction of sp³-hybridized carbons (Fsp3) is 0.571. The van der Waals surface area contributed by atoms with E-state index in [0.29, 0.717) is 5.56 Å². The van der Waals surface area contributed by atoms with Crippen molar-refractivity contribution in [1.82, 2.24) is 15.6 Å². The fourth-order valence-electron chi connectivity index (χ4n) is 2.70. The van der Waals surface area contributed by atoms with Crippen molar-refractivity contribution in [2.75, 3.05) is 31.1 Å². The predicted octanol–water partition coefficient (Wildman–Crippen LogP) is 0.773. The molecule has 1 amide bonds. The van der Waals surface area contributed by atoms with Crippen LogP contribution in [0.2, 0.25) is 0 Å². The smallest absolute Gasteiger partial charge is 0.253 e. The molecule has 1 atom stereocenters. The van der Waals surface area contributed by atoms with Crippen LogP contribution in [0.1, 0.15) is 29.6 Å². The molecule has 0 spiro atoms. The summed E-state index contributed by atoms with van der Waals surface area (Å²) in [6.45, 7) is 4.00. The molecule has 3 rings (SSSR count). The lowest BCUT2D eigenvalue weighted by Crippen LogP contribution is -2.36. The third kappa shape index (κ3) is 2.87. The summed E-state index contributed by atoms with van der Waals surface area (Å²) in [4.78, 5) is 18.7. The Kier molecular flexibility index (Phi) is 3.64. The third-order valence-corrected chi connectivity index (χ3v) is 3.84. The number of aromatic nitrogens is 1. The summed E-state index contributed by atoms with van der Waals surface area (Å²) in [5, 5.41) is 6.27. The van der Waals surface area contributed by atoms with Crippen molar-refractivity contribution in [3.63, 3.8) is 0 Å². The van der Waals surface area contributed by atoms with E-state index < -0.39 is 0 Å². The second-order valence-electron chi connectivity index (χ2n) is 5.26. The van der Waals surface area contributed by atoms with E-state index in [1.54, 1.807) is 6.20 Å². The second-order valence-corrected chi connectivity index (χ2v) is 5.26. The van der Waals surface area contributed by atoms with Gasteiger partial charge in [-0.2, -0.15) is 0 Å². The molecule has 5 heteroatoms. The molecule has 0 radical (unpaired) electrons. The van der Waals surface area contributed by atoms with E-state index >= 15 is 0 Å². The lowest BCUT2D eigenvalue weighted by molar-refractivity contribution is 0.0939. The Morgan fingerprint density at radius 3 is 2.84 bits per heavy atom. The molecule has 1 aromatic rings. The Morgan fingerprint density at radius 2 is 2.21 bits per heavy atom. The summed E-state index contributed by atoms with van der Waals surface area (Å²) in [6, 6.07) is 4.08. The van der Waals surface area contributed by atoms with Gasteiger partial charge < -0.3 is 15.5 Å². The summed E-state index contributed by atoms with van der Waals surface area (Å²) in [5.41, 5.74) is 0.648. The van der Waals surface area contributed by atoms with Gasteiger partial charge in [-0.3, -0.25) is 4.79 Å². The number of anilines is 1. The van der Waals surface area contributed by atoms with Crippen molar-refractivity contribution >= 4 is 11.7 Å². The topological polar surface area (TPSA) is 57.3 Å². The summed E-state index contributed by atoms with van der Waals surface area (Å²) in [5.74, 6) is 0.964. The minimum atomic E-state index is -0.0193. The first-order chi connectivity index (χ1) is 9.33. The van der Waals surface area contributed by atoms with Gasteiger partial charge in [-0.1, -0.05) is 0 Å². The van der Waals surface area contributed by atoms with E-state index in [1.165, 1.54) is 12.8 Å². The SMILES string of the molecule is O=C(NC1CCNC1)c1ccc(N2CCCC2)nc1. The molecule has 1 unspecified atom stereocenters. The number of carbonyl (C=O) groups excluding carboxylic acids is 1. The summed E-state index contributed by atoms with van der Waals surface area (Å²) >= 11 is 0. The number of hydrogen-bond acceptors (Lipinski definition) is 4. The van der Waals surface area contributed by atoms with E-state index in [4.69, 9.17) is 0 Å². The van der Waals surface area contributed by atoms with Crippen LogP contribution in [0.4, 0.5) is 5.82 Å². The van der Waals surface area contributed by atoms with Gasteiger partial charge in [0.05, 0.1) is 5.56 Å². The number of nitrogens with zero attached hydrogens (tertiary/aromatic N) is 2. The highest BCUT2D eigenvalue weighted by atomic mass is 16.1. The largest absolute Gasteiger partial charge is 0.357 e. The summed E-state index contributed by atoms with van der Waals surface area (Å²) in [7, 11) is 0. The zero-order chi connectivity index (χ0) is 13.1. The highest BCUT2D eigenvalue weighted by molar-refractivity contribution is 5.94. The van der Waals surface area contributed by atoms with Gasteiger partial charge in [-0.25, -0.2) is 4.98 Å². The zero-order valence-corrected chi connectivity index (χ0v) is 11.1. The Morgan fingerprint density at radius 1 is 1.37 bits per heavy atom. The average Bonchev–Trinajstić information content (AvgIpc) is 3.12. The molecular formula is C14H20N4O. The molecule has 102 valence electrons. The van der Waals surface area contributed by atoms with Crippen molar-refractivity contribution in [2.24, 2.45) is 0 Å². The number of hydrogen-bond donors (Lipinski definition) is 2. The standard InChI is InChI=1S/C14H20N4O/c19-14(17-12-5-6-15-10-12)11-3-4-13(16-9-11)18-7-1-2-8-18/h3-4,9,12,15H,1-2,5-8,10H2,(H,17,19). The molecule has 2 saturated heterocycles. The Bertz CT molecular complexity index is 433. The molecule has 1 aromatic heterocycles. The first-order valence-corrected chi connectivity index (χ1v) is 7.05. The van der Waals surface area contributed by atoms with E-state index in [1.807, 2.05) is 12.1 Å². The molecule has 3 heterocycles. The van der Waals surface area contributed by atoms with E-state index in [9.17, 15) is 4.79 Å². The summed E-state index contributed by atoms with van der Waals surface area (Å²) in [6.07, 6.45) is 5.16. The molecule has 0 saturated carbocycles. The molecule has 5 nitrogen and oxygen atoms in total. The first kappa shape index (κ1) is 12.4. The van der Waals surface area contributed by atoms with Crippen LogP contribution in [0.5, 0.6) is 0 Å². The van der Waals surface area contributed by atoms with Gasteiger partial charge in [0.2, 0.25) is 0 Å². The number of pyridine rings is 1. The quantitative estimate of drug-likeness (QED) is 0.843. The molecule has 2 aliphatic heterocycles. The van der Waals surface area contributed by atoms with Gasteiger partial charge in [0.25, 0.3) is 5.91 Å². The Balaban J connectivity index is 1.62. The molecular weight excluding hydrogens is 240 g/mol. The van der Waals surface area contributed by atoms with Crippen LogP contribution in [0.25, 0.3) is 0 Å². The predicted molar refractivity (Wildman–Crippen MR) is 74.4 cm³/mol. The van der Waals surface area contributed by atoms with E-state index in [-0.39, 0.29) is 11.9 Å². The maximum Gasteiger partial charge on any atom is 0.253 e. The molecule has 0 aromatic carbocycles. The van der Waals surface area contributed by atoms with Crippen LogP contribution in [-0.4, -0.2) is 43.1 Å². The van der Waals surface area contributed by atoms with Gasteiger partial charge in [-0.15, -0.1) is 0 Å². The van der Waals surface area contributed by atoms with Crippen LogP contribution in [-0.2, 0) is 0 Å². The van der Waals surface area contributed by atoms with Crippen LogP contribution in [0, 0.1) is 0 Å². The monoisotopic (exact) mass is 260 g/mol. The van der Waals surface area contributed by atoms with Crippen molar-refractivity contribution in [1.29, 1.82) is 0 Å². The van der Waals surface area contributed by atoms with Crippen LogP contribution in [0.15, 0.2) is 18.3 Å². The number of carbonyl (C=O) groups is 1. The van der Waals surface area contributed by atoms with Crippen LogP contribution >= 0.6 is 0 Å². The minimum Gasteiger partial charge on any atom is -0.357 e. The fourth-order valence-corrected chi connectivity index (χ4v) is 2.70. The highest BCUT2D eigenvalue weighted by Gasteiger charge is 2.18. The normalized spacial score (nSPS) is 22.7. The highest BCUT2D eigenvalue weighted by Crippen LogP contribution is 2.17. The number of nitrogens with one attached hydrogen (secondary N) is 2. The maximum atomic E-state index is 12.0. The molecule has 2 fully saturated rings. The molecule has 19 heavy (non-hydrogen) atoms. The first-order valence-electron chi connectivity index (χ1n) is 7.05. The average molecular weight is 260 g/mol. The van der Waals surface area contributed by atoms with Gasteiger partial charge in [0.1, 0.15) is 5.82 Å². The van der Waals surface area contributed by atoms with Crippen molar-refractivity contribution < 1.29 is 4.79 Å². The van der Waals surface area contributed by atoms with Gasteiger partial charge in [0.15, 0.2) is 0 Å². The van der Waals surface area contributed by atoms with Crippen molar-refractivity contribution in [2.45, 2.75) is 25.3 Å². The van der Waals surface area contributed by atoms with Crippen LogP contribution in [0.3, 0.4) is 0 Å². The summed E-state index contributed by atoms with van der Waals surface area (Å²) < 4.78 is 0. The Hall–Kier alpha value is -1.62. The second kappa shape index (κ2) is 5.57. The van der Waals surface area contributed by atoms with E-state index in [2.05, 4.69) is 20.5 Å². The van der Waals surface area contributed by atoms with E-state index in [0.717, 1.165) is 38.4 Å². The number of rotatable bonds is 3. The van der Waals surface area contributed by atoms with Gasteiger partial charge in [-0.05, 0) is 37.9 Å². The lowest BCUT2D eigenvalue weighted by Gasteiger charge is -2.16. The van der Waals surface area contributed by atoms with Gasteiger partial charge in [0, 0.05) is 31.9 Å². The zero-order valence-electron chi connectivity index (χ0n) is 11.1. The van der Waals surface area contributed by atoms with Gasteiger partial charge >= 0.3 is 0 Å². The molecule has 2 aliphatic rings. The molecule has 2 N–H and O–H groups in total. The van der Waals surface area contributed by atoms with Crippen molar-refractivity contribution in [3.05, 3.63) is 23.9 Å². The maximum absolute atomic E-state index is 12.0. The Labute approximate surface area is 113 Å². The molecule has 0 aliphatic carbocycles. The van der Waals surface area contributed by atoms with Crippen molar-refractivity contribution in [3.8, 4) is 0 Å². The third-order valence-electron chi connectivity index (χ3n) is 3.84.